The van der Waals surface area contributed by atoms with Crippen LogP contribution in [-0.4, -0.2) is 28.3 Å². The van der Waals surface area contributed by atoms with Crippen LogP contribution in [0.3, 0.4) is 0 Å². The number of nitrogens with one attached hydrogen (secondary N) is 1. The van der Waals surface area contributed by atoms with E-state index >= 15 is 0 Å². The van der Waals surface area contributed by atoms with Crippen LogP contribution in [0.1, 0.15) is 80.7 Å². The van der Waals surface area contributed by atoms with Gasteiger partial charge in [-0.3, -0.25) is 4.79 Å². The van der Waals surface area contributed by atoms with Gasteiger partial charge in [-0.1, -0.05) is 18.1 Å². The lowest BCUT2D eigenvalue weighted by molar-refractivity contribution is -0.116. The van der Waals surface area contributed by atoms with Crippen LogP contribution in [0.25, 0.3) is 0 Å². The van der Waals surface area contributed by atoms with Crippen LogP contribution in [0, 0.1) is 30.1 Å². The summed E-state index contributed by atoms with van der Waals surface area (Å²) in [7, 11) is 0. The maximum atomic E-state index is 12.5. The third kappa shape index (κ3) is 4.72. The van der Waals surface area contributed by atoms with E-state index in [0.717, 1.165) is 49.8 Å². The van der Waals surface area contributed by atoms with Gasteiger partial charge in [0.1, 0.15) is 12.4 Å². The summed E-state index contributed by atoms with van der Waals surface area (Å²) in [5.74, 6) is 2.64. The fourth-order valence-electron chi connectivity index (χ4n) is 7.32. The maximum Gasteiger partial charge on any atom is 0.226 e. The van der Waals surface area contributed by atoms with E-state index in [-0.39, 0.29) is 11.3 Å². The summed E-state index contributed by atoms with van der Waals surface area (Å²) in [5, 5.41) is 18.3. The number of phenols is 1. The maximum absolute atomic E-state index is 12.5. The van der Waals surface area contributed by atoms with Crippen molar-refractivity contribution >= 4 is 28.1 Å². The van der Waals surface area contributed by atoms with Gasteiger partial charge in [0, 0.05) is 22.9 Å². The van der Waals surface area contributed by atoms with Gasteiger partial charge in [-0.25, -0.2) is 4.98 Å². The van der Waals surface area contributed by atoms with E-state index < -0.39 is 0 Å². The molecule has 1 heterocycles. The van der Waals surface area contributed by atoms with E-state index in [9.17, 15) is 9.90 Å². The topological polar surface area (TPSA) is 83.8 Å². The molecule has 0 spiro atoms. The molecular formula is C28H37N3O3S. The minimum atomic E-state index is 0.0521. The molecule has 5 rings (SSSR count). The largest absolute Gasteiger partial charge is 0.508 e. The first-order valence-electron chi connectivity index (χ1n) is 13.1. The van der Waals surface area contributed by atoms with Gasteiger partial charge < -0.3 is 15.3 Å². The number of rotatable bonds is 7. The molecule has 0 aliphatic heterocycles. The first-order chi connectivity index (χ1) is 16.9. The molecule has 188 valence electrons. The number of nitrogens with zero attached hydrogens (tertiary/aromatic N) is 2. The number of oxime groups is 1. The molecule has 0 saturated heterocycles. The molecule has 1 aromatic carbocycles. The van der Waals surface area contributed by atoms with E-state index in [1.54, 1.807) is 6.20 Å². The number of carbonyl (C=O) groups excluding carboxylic acids is 1. The van der Waals surface area contributed by atoms with E-state index in [2.05, 4.69) is 28.4 Å². The molecule has 7 heteroatoms. The van der Waals surface area contributed by atoms with Crippen molar-refractivity contribution in [1.29, 1.82) is 0 Å². The van der Waals surface area contributed by atoms with Crippen LogP contribution in [0.2, 0.25) is 0 Å². The van der Waals surface area contributed by atoms with Crippen LogP contribution in [-0.2, 0) is 16.1 Å². The lowest BCUT2D eigenvalue weighted by Gasteiger charge is -2.50. The first kappa shape index (κ1) is 24.3. The molecule has 3 aliphatic rings. The van der Waals surface area contributed by atoms with Crippen LogP contribution < -0.4 is 5.32 Å². The zero-order chi connectivity index (χ0) is 24.6. The molecule has 1 amide bonds. The van der Waals surface area contributed by atoms with Crippen molar-refractivity contribution in [3.63, 3.8) is 0 Å². The Morgan fingerprint density at radius 1 is 1.37 bits per heavy atom. The Morgan fingerprint density at radius 3 is 3.00 bits per heavy atom. The number of amides is 1. The highest BCUT2D eigenvalue weighted by Gasteiger charge is 2.57. The average molecular weight is 496 g/mol. The van der Waals surface area contributed by atoms with Gasteiger partial charge in [-0.2, -0.15) is 0 Å². The van der Waals surface area contributed by atoms with Crippen LogP contribution in [0.4, 0.5) is 5.13 Å². The molecule has 1 aromatic heterocycles. The molecule has 2 saturated carbocycles. The number of fused-ring (bicyclic) bond motifs is 5. The van der Waals surface area contributed by atoms with Crippen LogP contribution in [0.5, 0.6) is 5.75 Å². The summed E-state index contributed by atoms with van der Waals surface area (Å²) in [6.07, 6.45) is 9.64. The number of aromatic hydroxyl groups is 1. The van der Waals surface area contributed by atoms with E-state index in [1.807, 2.05) is 26.0 Å². The van der Waals surface area contributed by atoms with Crippen molar-refractivity contribution in [2.24, 2.45) is 28.3 Å². The number of hydrogen-bond donors (Lipinski definition) is 2. The van der Waals surface area contributed by atoms with E-state index in [4.69, 9.17) is 4.84 Å². The van der Waals surface area contributed by atoms with Crippen molar-refractivity contribution in [2.45, 2.75) is 78.1 Å². The number of carbonyl (C=O) groups is 1. The Morgan fingerprint density at radius 2 is 2.23 bits per heavy atom. The Bertz CT molecular complexity index is 1110. The third-order valence-corrected chi connectivity index (χ3v) is 9.56. The number of thiazole rings is 1. The molecule has 2 fully saturated rings. The zero-order valence-corrected chi connectivity index (χ0v) is 21.9. The summed E-state index contributed by atoms with van der Waals surface area (Å²) in [6.45, 7) is 6.99. The summed E-state index contributed by atoms with van der Waals surface area (Å²) >= 11 is 1.52. The normalized spacial score (nSPS) is 30.4. The Kier molecular flexibility index (Phi) is 6.88. The highest BCUT2D eigenvalue weighted by atomic mass is 32.1. The zero-order valence-electron chi connectivity index (χ0n) is 21.0. The fraction of sp³-hybridized carbons (Fsp3) is 0.607. The molecule has 2 N–H and O–H groups in total. The molecule has 3 aliphatic carbocycles. The SMILES string of the molecule is CCO/N=C1\C[C@@H](CCCC(=O)Nc2ncc(C)s2)C2C3CCc4cc(O)ccc4C3CC[C@]12C. The molecule has 3 unspecified atom stereocenters. The number of aryl methyl sites for hydroxylation is 2. The molecule has 6 nitrogen and oxygen atoms in total. The molecule has 0 radical (unpaired) electrons. The lowest BCUT2D eigenvalue weighted by atomic mass is 9.54. The van der Waals surface area contributed by atoms with Crippen molar-refractivity contribution in [1.82, 2.24) is 4.98 Å². The van der Waals surface area contributed by atoms with Crippen molar-refractivity contribution < 1.29 is 14.7 Å². The summed E-state index contributed by atoms with van der Waals surface area (Å²) in [5.41, 5.74) is 4.05. The molecule has 5 atom stereocenters. The van der Waals surface area contributed by atoms with Gasteiger partial charge in [-0.15, -0.1) is 11.3 Å². The number of benzene rings is 1. The van der Waals surface area contributed by atoms with Crippen molar-refractivity contribution in [3.05, 3.63) is 40.4 Å². The minimum Gasteiger partial charge on any atom is -0.508 e. The number of hydrogen-bond acceptors (Lipinski definition) is 6. The Balaban J connectivity index is 1.32. The van der Waals surface area contributed by atoms with Gasteiger partial charge in [0.15, 0.2) is 5.13 Å². The fourth-order valence-corrected chi connectivity index (χ4v) is 8.00. The molecule has 0 bridgehead atoms. The van der Waals surface area contributed by atoms with Gasteiger partial charge in [0.05, 0.1) is 5.71 Å². The Labute approximate surface area is 212 Å². The second-order valence-electron chi connectivity index (χ2n) is 10.8. The molecule has 35 heavy (non-hydrogen) atoms. The van der Waals surface area contributed by atoms with Gasteiger partial charge in [0.25, 0.3) is 0 Å². The van der Waals surface area contributed by atoms with Gasteiger partial charge in [-0.05, 0) is 106 Å². The van der Waals surface area contributed by atoms with E-state index in [1.165, 1.54) is 28.2 Å². The van der Waals surface area contributed by atoms with Crippen LogP contribution >= 0.6 is 11.3 Å². The van der Waals surface area contributed by atoms with E-state index in [0.29, 0.717) is 47.6 Å². The summed E-state index contributed by atoms with van der Waals surface area (Å²) in [6, 6.07) is 5.98. The van der Waals surface area contributed by atoms with Crippen molar-refractivity contribution in [2.75, 3.05) is 11.9 Å². The Hall–Kier alpha value is -2.41. The molecular weight excluding hydrogens is 458 g/mol. The smallest absolute Gasteiger partial charge is 0.226 e. The summed E-state index contributed by atoms with van der Waals surface area (Å²) < 4.78 is 0. The second-order valence-corrected chi connectivity index (χ2v) is 12.0. The predicted octanol–water partition coefficient (Wildman–Crippen LogP) is 6.44. The first-order valence-corrected chi connectivity index (χ1v) is 13.9. The second kappa shape index (κ2) is 9.92. The van der Waals surface area contributed by atoms with Crippen LogP contribution in [0.15, 0.2) is 29.6 Å². The summed E-state index contributed by atoms with van der Waals surface area (Å²) in [4.78, 5) is 23.5. The number of phenolic OH excluding ortho intramolecular Hbond substituents is 1. The molecule has 2 aromatic rings. The lowest BCUT2D eigenvalue weighted by Crippen LogP contribution is -2.44. The quantitative estimate of drug-likeness (QED) is 0.433. The number of aromatic nitrogens is 1. The third-order valence-electron chi connectivity index (χ3n) is 8.73. The van der Waals surface area contributed by atoms with Gasteiger partial charge in [0.2, 0.25) is 5.91 Å². The van der Waals surface area contributed by atoms with Gasteiger partial charge >= 0.3 is 0 Å². The number of anilines is 1. The highest BCUT2D eigenvalue weighted by Crippen LogP contribution is 2.62. The minimum absolute atomic E-state index is 0.0521. The standard InChI is InChI=1S/C28H37N3O3S/c1-4-34-31-24-15-19(6-5-7-25(33)30-27-29-16-17(2)35-27)26-23-10-8-18-14-20(32)9-11-21(18)22(23)12-13-28(24,26)3/h9,11,14,16,19,22-23,26,32H,4-8,10,12-13,15H2,1-3H3,(H,29,30,33)/b31-24+/t19-,22?,23?,26?,28-/m1/s1. The monoisotopic (exact) mass is 495 g/mol. The predicted molar refractivity (Wildman–Crippen MR) is 140 cm³/mol. The average Bonchev–Trinajstić information content (AvgIpc) is 3.36. The highest BCUT2D eigenvalue weighted by molar-refractivity contribution is 7.15. The van der Waals surface area contributed by atoms with Crippen molar-refractivity contribution in [3.8, 4) is 5.75 Å².